The van der Waals surface area contributed by atoms with Gasteiger partial charge in [-0.05, 0) is 259 Å². The zero-order valence-corrected chi connectivity index (χ0v) is 87.7. The molecule has 34 nitrogen and oxygen atoms in total. The van der Waals surface area contributed by atoms with E-state index in [1.165, 1.54) is 5.56 Å². The van der Waals surface area contributed by atoms with Crippen molar-refractivity contribution >= 4 is 94.7 Å². The maximum atomic E-state index is 13.0. The first-order valence-electron chi connectivity index (χ1n) is 51.9. The molecule has 0 spiro atoms. The smallest absolute Gasteiger partial charge is 0.258 e. The fraction of sp³-hybridized carbons (Fsp3) is 0.348. The molecule has 34 heteroatoms. The van der Waals surface area contributed by atoms with Gasteiger partial charge in [-0.1, -0.05) is 19.9 Å². The molecule has 22 heterocycles. The summed E-state index contributed by atoms with van der Waals surface area (Å²) in [6.45, 7) is 36.8. The lowest BCUT2D eigenvalue weighted by atomic mass is 9.91. The summed E-state index contributed by atoms with van der Waals surface area (Å²) >= 11 is 0. The molecule has 764 valence electrons. The fourth-order valence-electron chi connectivity index (χ4n) is 21.8. The summed E-state index contributed by atoms with van der Waals surface area (Å²) in [5.74, 6) is 0.512. The highest BCUT2D eigenvalue weighted by atomic mass is 16.1. The van der Waals surface area contributed by atoms with E-state index in [2.05, 4.69) is 190 Å². The van der Waals surface area contributed by atoms with Crippen molar-refractivity contribution in [3.8, 4) is 56.3 Å². The monoisotopic (exact) mass is 2000 g/mol. The summed E-state index contributed by atoms with van der Waals surface area (Å²) < 4.78 is 17.9. The molecule has 20 aromatic rings. The highest BCUT2D eigenvalue weighted by Crippen LogP contribution is 2.35. The van der Waals surface area contributed by atoms with Gasteiger partial charge in [0, 0.05) is 266 Å². The third kappa shape index (κ3) is 21.0. The molecular formula is C115H129N29O5. The van der Waals surface area contributed by atoms with Crippen molar-refractivity contribution in [3.63, 3.8) is 0 Å². The Morgan fingerprint density at radius 2 is 0.711 bits per heavy atom. The SMILES string of the molecule is CCc1nc(C)cn2cc(-c3cc(=O)n4cc(N5CCCNCC5)ccc4n3)cc12.CCc1nc(C)cn2cc(-c3cc(=O)n4cc(N5C[C@@H](C)N[C@@H](C)C5)ccc4n3)cc12.Cc1cc(-c2cc(=O)n3cc(C4CCN(C)CC4)ccc3n2)cc2cn(C)nc12.Cc1cc(-c2cc(=O)n3cc(N4CCN(C)[C@@H](C)C4)ccc3n2)cc2cn(C)nc12.Cc1cc(-c2cc(=O)n3cc(N4CCN[C@@H](C)C4)ccc3n2)cc2cn(C)nc12. The van der Waals surface area contributed by atoms with Gasteiger partial charge in [-0.15, -0.1) is 0 Å². The van der Waals surface area contributed by atoms with Crippen molar-refractivity contribution in [1.82, 2.24) is 121 Å². The molecule has 3 N–H and O–H groups in total. The number of likely N-dealkylation sites (N-methyl/N-ethyl adjacent to an activating group) is 1. The Kier molecular flexibility index (Phi) is 27.7. The number of aryl methyl sites for hydroxylation is 10. The van der Waals surface area contributed by atoms with Crippen molar-refractivity contribution in [2.45, 2.75) is 138 Å². The summed E-state index contributed by atoms with van der Waals surface area (Å²) in [7, 11) is 10.1. The number of fused-ring (bicyclic) bond motifs is 10. The topological polar surface area (TPSA) is 315 Å². The van der Waals surface area contributed by atoms with Gasteiger partial charge in [-0.3, -0.25) is 70.0 Å². The molecule has 0 aliphatic carbocycles. The third-order valence-corrected chi connectivity index (χ3v) is 29.6. The van der Waals surface area contributed by atoms with Gasteiger partial charge in [0.25, 0.3) is 27.8 Å². The van der Waals surface area contributed by atoms with Crippen molar-refractivity contribution in [3.05, 3.63) is 311 Å². The number of likely N-dealkylation sites (tertiary alicyclic amines) is 1. The summed E-state index contributed by atoms with van der Waals surface area (Å²) in [4.78, 5) is 112. The number of benzene rings is 3. The van der Waals surface area contributed by atoms with E-state index in [1.807, 2.05) is 199 Å². The first-order chi connectivity index (χ1) is 71.9. The largest absolute Gasteiger partial charge is 0.369 e. The summed E-state index contributed by atoms with van der Waals surface area (Å²) in [6, 6.07) is 46.4. The number of piperidine rings is 1. The number of aromatic nitrogens is 20. The van der Waals surface area contributed by atoms with Crippen LogP contribution in [0.15, 0.2) is 238 Å². The molecule has 149 heavy (non-hydrogen) atoms. The zero-order valence-electron chi connectivity index (χ0n) is 87.7. The molecule has 0 unspecified atom stereocenters. The minimum atomic E-state index is -0.0710. The number of pyridine rings is 5. The van der Waals surface area contributed by atoms with Crippen LogP contribution in [0.5, 0.6) is 0 Å². The van der Waals surface area contributed by atoms with Gasteiger partial charge in [0.05, 0.1) is 102 Å². The Morgan fingerprint density at radius 3 is 1.12 bits per heavy atom. The number of nitrogens with zero attached hydrogens (tertiary/aromatic N) is 26. The average molecular weight is 2000 g/mol. The second-order valence-electron chi connectivity index (χ2n) is 41.2. The maximum absolute atomic E-state index is 13.0. The Morgan fingerprint density at radius 1 is 0.336 bits per heavy atom. The highest BCUT2D eigenvalue weighted by molar-refractivity contribution is 5.89. The van der Waals surface area contributed by atoms with Gasteiger partial charge in [-0.25, -0.2) is 24.9 Å². The van der Waals surface area contributed by atoms with E-state index in [4.69, 9.17) is 24.9 Å². The third-order valence-electron chi connectivity index (χ3n) is 29.6. The molecule has 0 amide bonds. The first-order valence-corrected chi connectivity index (χ1v) is 51.9. The van der Waals surface area contributed by atoms with Gasteiger partial charge in [0.1, 0.15) is 28.2 Å². The van der Waals surface area contributed by atoms with E-state index in [0.717, 1.165) is 258 Å². The lowest BCUT2D eigenvalue weighted by Gasteiger charge is -2.39. The van der Waals surface area contributed by atoms with E-state index >= 15 is 0 Å². The minimum absolute atomic E-state index is 0.0382. The molecule has 5 fully saturated rings. The van der Waals surface area contributed by atoms with Gasteiger partial charge in [-0.2, -0.15) is 15.3 Å². The molecule has 5 aliphatic rings. The molecule has 5 saturated heterocycles. The van der Waals surface area contributed by atoms with Crippen molar-refractivity contribution in [2.24, 2.45) is 21.1 Å². The Hall–Kier alpha value is -15.8. The summed E-state index contributed by atoms with van der Waals surface area (Å²) in [5.41, 5.74) is 28.9. The van der Waals surface area contributed by atoms with Gasteiger partial charge < -0.3 is 54.2 Å². The van der Waals surface area contributed by atoms with Gasteiger partial charge in [0.2, 0.25) is 0 Å². The van der Waals surface area contributed by atoms with E-state index in [0.29, 0.717) is 86.8 Å². The molecule has 4 atom stereocenters. The van der Waals surface area contributed by atoms with E-state index in [1.54, 1.807) is 52.3 Å². The average Bonchev–Trinajstić information content (AvgIpc) is 1.72. The zero-order chi connectivity index (χ0) is 104. The lowest BCUT2D eigenvalue weighted by molar-refractivity contribution is 0.234. The molecule has 3 aromatic carbocycles. The molecular weight excluding hydrogens is 1870 g/mol. The predicted octanol–water partition coefficient (Wildman–Crippen LogP) is 14.2. The highest BCUT2D eigenvalue weighted by Gasteiger charge is 2.28. The molecule has 17 aromatic heterocycles. The van der Waals surface area contributed by atoms with Crippen LogP contribution in [0.3, 0.4) is 0 Å². The Balaban J connectivity index is 0.000000109. The number of hydrogen-bond acceptors (Lipinski definition) is 24. The van der Waals surface area contributed by atoms with Crippen LogP contribution < -0.4 is 63.3 Å². The van der Waals surface area contributed by atoms with Crippen LogP contribution in [0, 0.1) is 34.6 Å². The van der Waals surface area contributed by atoms with Crippen LogP contribution >= 0.6 is 0 Å². The number of nitrogens with one attached hydrogen (secondary N) is 3. The number of rotatable bonds is 12. The fourth-order valence-corrected chi connectivity index (χ4v) is 21.8. The first kappa shape index (κ1) is 99.2. The standard InChI is InChI=1S/C24H28N6O.2C23H26N6O.C23H25N5O.C22H24N6O/c1-5-20-22-8-18(13-29(22)12-17(4)26-20)21-9-24(31)30-14-19(6-7-23(30)27-21)28-10-15(2)25-16(3)11-28;1-15-9-17(10-18-13-27(4)25-23(15)18)20-11-22(30)29-14-19(5-6-21(29)24-20)28-8-7-26(3)16(2)12-28;1-3-19-21-11-17(14-28(21)13-16(2)25-19)20-12-23(30)29-15-18(5-6-22(29)26-20)27-9-4-7-24-8-10-27;1-15-10-18(11-19-13-27(3)25-23(15)19)20-12-22(29)28-14-17(4-5-21(28)24-20)16-6-8-26(2)9-7-16;1-14-8-16(9-17-12-26(3)25-22(14)17)19-10-21(29)28-13-18(4-5-20(28)24-19)27-7-6-23-15(2)11-27/h6-9,12-16,25H,5,10-11H2,1-4H3;5-6,9-11,13-14,16H,7-8,12H2,1-4H3;5-6,11-15,24H,3-4,7-10H2,1-2H3;4-5,10-14,16H,6-9H2,1-3H3;4-5,8-10,12-13,15,23H,6-7,11H2,1-3H3/t15-,16+;16-;;;15-/m.0..0/s1. The second-order valence-corrected chi connectivity index (χ2v) is 41.2. The lowest BCUT2D eigenvalue weighted by Crippen LogP contribution is -2.54. The summed E-state index contributed by atoms with van der Waals surface area (Å²) in [5, 5.41) is 27.1. The summed E-state index contributed by atoms with van der Waals surface area (Å²) in [6.07, 6.45) is 28.8. The van der Waals surface area contributed by atoms with E-state index in [-0.39, 0.29) is 27.8 Å². The molecule has 5 aliphatic heterocycles. The molecule has 0 radical (unpaired) electrons. The molecule has 25 rings (SSSR count). The molecule has 0 saturated carbocycles. The Bertz CT molecular complexity index is 8850. The van der Waals surface area contributed by atoms with E-state index < -0.39 is 0 Å². The van der Waals surface area contributed by atoms with Crippen LogP contribution in [0.4, 0.5) is 22.7 Å². The van der Waals surface area contributed by atoms with Crippen LogP contribution in [-0.4, -0.2) is 235 Å². The van der Waals surface area contributed by atoms with Crippen LogP contribution in [0.2, 0.25) is 0 Å². The molecule has 0 bridgehead atoms. The maximum Gasteiger partial charge on any atom is 0.258 e. The Labute approximate surface area is 862 Å². The van der Waals surface area contributed by atoms with Crippen LogP contribution in [0.1, 0.15) is 112 Å². The number of hydrogen-bond donors (Lipinski definition) is 3. The minimum Gasteiger partial charge on any atom is -0.369 e. The quantitative estimate of drug-likeness (QED) is 0.102. The predicted molar refractivity (Wildman–Crippen MR) is 595 cm³/mol. The number of anilines is 4. The van der Waals surface area contributed by atoms with Crippen LogP contribution in [0.25, 0.3) is 128 Å². The normalized spacial score (nSPS) is 17.2. The number of piperazine rings is 3. The van der Waals surface area contributed by atoms with Crippen molar-refractivity contribution in [1.29, 1.82) is 0 Å². The van der Waals surface area contributed by atoms with E-state index in [9.17, 15) is 24.0 Å². The van der Waals surface area contributed by atoms with Crippen molar-refractivity contribution < 1.29 is 0 Å². The second kappa shape index (κ2) is 41.5. The van der Waals surface area contributed by atoms with Crippen LogP contribution in [-0.2, 0) is 34.0 Å². The van der Waals surface area contributed by atoms with Gasteiger partial charge >= 0.3 is 0 Å². The van der Waals surface area contributed by atoms with Crippen molar-refractivity contribution in [2.75, 3.05) is 125 Å². The van der Waals surface area contributed by atoms with Gasteiger partial charge in [0.15, 0.2) is 0 Å².